The fraction of sp³-hybridized carbons (Fsp3) is 0.400. The molecule has 7 aromatic rings. The second-order valence-electron chi connectivity index (χ2n) is 15.0. The van der Waals surface area contributed by atoms with Gasteiger partial charge in [0, 0.05) is 21.5 Å². The molecule has 7 aromatic carbocycles. The summed E-state index contributed by atoms with van der Waals surface area (Å²) in [5, 5.41) is 14.7. The molecule has 2 nitrogen and oxygen atoms in total. The average Bonchev–Trinajstić information content (AvgIpc) is 3.19. The first-order chi connectivity index (χ1) is 25.8. The maximum Gasteiger partial charge on any atom is 0.136 e. The van der Waals surface area contributed by atoms with Crippen LogP contribution in [0.4, 0.5) is 0 Å². The van der Waals surface area contributed by atoms with E-state index in [1.54, 1.807) is 0 Å². The predicted octanol–water partition coefficient (Wildman–Crippen LogP) is 15.6. The Morgan fingerprint density at radius 3 is 0.788 bits per heavy atom. The van der Waals surface area contributed by atoms with E-state index in [1.165, 1.54) is 155 Å². The van der Waals surface area contributed by atoms with Crippen LogP contribution >= 0.6 is 0 Å². The normalized spacial score (nSPS) is 11.9. The molecule has 0 bridgehead atoms. The molecule has 7 rings (SSSR count). The van der Waals surface area contributed by atoms with Crippen molar-refractivity contribution in [1.29, 1.82) is 0 Å². The van der Waals surface area contributed by atoms with Crippen LogP contribution in [0.3, 0.4) is 0 Å². The summed E-state index contributed by atoms with van der Waals surface area (Å²) in [7, 11) is 0. The number of unbranched alkanes of at least 4 members (excludes halogenated alkanes) is 14. The van der Waals surface area contributed by atoms with Crippen molar-refractivity contribution in [2.24, 2.45) is 0 Å². The van der Waals surface area contributed by atoms with Gasteiger partial charge in [-0.05, 0) is 55.9 Å². The summed E-state index contributed by atoms with van der Waals surface area (Å²) in [4.78, 5) is 0. The molecular formula is C50H58O2. The van der Waals surface area contributed by atoms with E-state index in [1.807, 2.05) is 0 Å². The highest BCUT2D eigenvalue weighted by molar-refractivity contribution is 6.38. The van der Waals surface area contributed by atoms with E-state index in [9.17, 15) is 0 Å². The quantitative estimate of drug-likeness (QED) is 0.0450. The smallest absolute Gasteiger partial charge is 0.136 e. The summed E-state index contributed by atoms with van der Waals surface area (Å²) < 4.78 is 14.4. The Labute approximate surface area is 311 Å². The maximum absolute atomic E-state index is 7.19. The van der Waals surface area contributed by atoms with Crippen LogP contribution < -0.4 is 9.47 Å². The van der Waals surface area contributed by atoms with E-state index in [-0.39, 0.29) is 0 Å². The first-order valence-corrected chi connectivity index (χ1v) is 20.7. The van der Waals surface area contributed by atoms with Gasteiger partial charge in [0.05, 0.1) is 13.2 Å². The molecule has 0 radical (unpaired) electrons. The number of hydrogen-bond donors (Lipinski definition) is 0. The Bertz CT molecular complexity index is 1950. The summed E-state index contributed by atoms with van der Waals surface area (Å²) in [6.45, 7) is 6.00. The molecule has 0 atom stereocenters. The van der Waals surface area contributed by atoms with Gasteiger partial charge in [0.1, 0.15) is 11.5 Å². The zero-order valence-electron chi connectivity index (χ0n) is 31.8. The van der Waals surface area contributed by atoms with Crippen molar-refractivity contribution in [1.82, 2.24) is 0 Å². The number of rotatable bonds is 20. The van der Waals surface area contributed by atoms with Crippen molar-refractivity contribution in [2.75, 3.05) is 13.2 Å². The van der Waals surface area contributed by atoms with E-state index in [0.717, 1.165) is 24.3 Å². The third-order valence-corrected chi connectivity index (χ3v) is 11.3. The van der Waals surface area contributed by atoms with E-state index in [2.05, 4.69) is 111 Å². The number of ether oxygens (including phenoxy) is 2. The van der Waals surface area contributed by atoms with Gasteiger partial charge in [0.2, 0.25) is 0 Å². The second-order valence-corrected chi connectivity index (χ2v) is 15.0. The second kappa shape index (κ2) is 18.0. The monoisotopic (exact) mass is 690 g/mol. The third-order valence-electron chi connectivity index (χ3n) is 11.3. The average molecular weight is 691 g/mol. The van der Waals surface area contributed by atoms with E-state index < -0.39 is 0 Å². The zero-order chi connectivity index (χ0) is 35.5. The lowest BCUT2D eigenvalue weighted by Crippen LogP contribution is -2.04. The first-order valence-electron chi connectivity index (χ1n) is 20.7. The highest BCUT2D eigenvalue weighted by Gasteiger charge is 2.25. The van der Waals surface area contributed by atoms with E-state index in [0.29, 0.717) is 13.2 Å². The lowest BCUT2D eigenvalue weighted by Gasteiger charge is -2.23. The van der Waals surface area contributed by atoms with Crippen LogP contribution in [0.2, 0.25) is 0 Å². The molecule has 0 aliphatic heterocycles. The Morgan fingerprint density at radius 2 is 0.519 bits per heavy atom. The van der Waals surface area contributed by atoms with Crippen molar-refractivity contribution in [3.63, 3.8) is 0 Å². The minimum Gasteiger partial charge on any atom is -0.492 e. The van der Waals surface area contributed by atoms with Crippen molar-refractivity contribution >= 4 is 64.6 Å². The topological polar surface area (TPSA) is 18.5 Å². The van der Waals surface area contributed by atoms with Gasteiger partial charge in [-0.25, -0.2) is 0 Å². The Hall–Kier alpha value is -4.30. The Balaban J connectivity index is 1.39. The van der Waals surface area contributed by atoms with Gasteiger partial charge in [-0.3, -0.25) is 0 Å². The molecule has 2 heteroatoms. The van der Waals surface area contributed by atoms with Gasteiger partial charge in [-0.2, -0.15) is 0 Å². The first kappa shape index (κ1) is 36.1. The van der Waals surface area contributed by atoms with Crippen LogP contribution in [0, 0.1) is 0 Å². The van der Waals surface area contributed by atoms with Gasteiger partial charge in [-0.1, -0.05) is 201 Å². The van der Waals surface area contributed by atoms with Crippen LogP contribution in [0.5, 0.6) is 11.5 Å². The molecule has 0 amide bonds. The minimum absolute atomic E-state index is 0.708. The largest absolute Gasteiger partial charge is 0.492 e. The molecule has 0 heterocycles. The van der Waals surface area contributed by atoms with Gasteiger partial charge in [-0.15, -0.1) is 0 Å². The van der Waals surface area contributed by atoms with Gasteiger partial charge >= 0.3 is 0 Å². The molecule has 0 saturated carbocycles. The molecule has 0 aliphatic rings. The SMILES string of the molecule is CCCCCCCCCCOc1c2c3ccccc3c3ccccc3c2c(OCCCCCCCCCC)c2c3ccccc3c3ccccc3c12. The standard InChI is InChI=1S/C50H58O2/c1-3-5-7-9-11-13-15-25-35-51-49-45-41-31-21-17-27-37(41)39-29-19-23-33-43(39)47(45)50(52-36-26-16-14-12-10-8-6-4-2)48-44-34-24-20-30-40(44)38-28-18-22-32-42(38)46(48)49/h17-24,27-34H,3-16,25-26,35-36H2,1-2H3. The minimum atomic E-state index is 0.708. The molecular weight excluding hydrogens is 633 g/mol. The highest BCUT2D eigenvalue weighted by atomic mass is 16.5. The van der Waals surface area contributed by atoms with Crippen LogP contribution in [-0.2, 0) is 0 Å². The molecule has 0 aliphatic carbocycles. The Morgan fingerprint density at radius 1 is 0.288 bits per heavy atom. The summed E-state index contributed by atoms with van der Waals surface area (Å²) in [5.41, 5.74) is 0. The van der Waals surface area contributed by atoms with Crippen molar-refractivity contribution in [3.8, 4) is 11.5 Å². The molecule has 0 fully saturated rings. The number of benzene rings is 7. The van der Waals surface area contributed by atoms with Crippen LogP contribution in [-0.4, -0.2) is 13.2 Å². The summed E-state index contributed by atoms with van der Waals surface area (Å²) in [6, 6.07) is 35.7. The van der Waals surface area contributed by atoms with Crippen molar-refractivity contribution in [2.45, 2.75) is 117 Å². The van der Waals surface area contributed by atoms with Gasteiger partial charge in [0.25, 0.3) is 0 Å². The van der Waals surface area contributed by atoms with Crippen LogP contribution in [0.1, 0.15) is 117 Å². The third kappa shape index (κ3) is 7.59. The fourth-order valence-electron chi connectivity index (χ4n) is 8.59. The lowest BCUT2D eigenvalue weighted by atomic mass is 9.87. The van der Waals surface area contributed by atoms with Gasteiger partial charge in [0.15, 0.2) is 0 Å². The molecule has 0 aromatic heterocycles. The number of hydrogen-bond acceptors (Lipinski definition) is 2. The molecule has 0 spiro atoms. The van der Waals surface area contributed by atoms with Crippen LogP contribution in [0.15, 0.2) is 97.1 Å². The zero-order valence-corrected chi connectivity index (χ0v) is 31.8. The van der Waals surface area contributed by atoms with E-state index >= 15 is 0 Å². The molecule has 52 heavy (non-hydrogen) atoms. The Kier molecular flexibility index (Phi) is 12.5. The summed E-state index contributed by atoms with van der Waals surface area (Å²) >= 11 is 0. The van der Waals surface area contributed by atoms with Crippen LogP contribution in [0.25, 0.3) is 64.6 Å². The number of fused-ring (bicyclic) bond motifs is 12. The molecule has 0 saturated heterocycles. The molecule has 270 valence electrons. The fourth-order valence-corrected chi connectivity index (χ4v) is 8.59. The van der Waals surface area contributed by atoms with Crippen molar-refractivity contribution < 1.29 is 9.47 Å². The lowest BCUT2D eigenvalue weighted by molar-refractivity contribution is 0.306. The van der Waals surface area contributed by atoms with Crippen molar-refractivity contribution in [3.05, 3.63) is 97.1 Å². The van der Waals surface area contributed by atoms with E-state index in [4.69, 9.17) is 9.47 Å². The molecule has 0 N–H and O–H groups in total. The summed E-state index contributed by atoms with van der Waals surface area (Å²) in [5.74, 6) is 2.02. The maximum atomic E-state index is 7.19. The molecule has 0 unspecified atom stereocenters. The summed E-state index contributed by atoms with van der Waals surface area (Å²) in [6.07, 6.45) is 20.5. The van der Waals surface area contributed by atoms with Gasteiger partial charge < -0.3 is 9.47 Å². The highest BCUT2D eigenvalue weighted by Crippen LogP contribution is 2.53. The predicted molar refractivity (Wildman–Crippen MR) is 228 cm³/mol.